The van der Waals surface area contributed by atoms with Crippen LogP contribution in [0.2, 0.25) is 0 Å². The highest BCUT2D eigenvalue weighted by Gasteiger charge is 2.38. The number of hydrogen-bond donors (Lipinski definition) is 2. The molecule has 2 N–H and O–H groups in total. The van der Waals surface area contributed by atoms with Gasteiger partial charge in [-0.1, -0.05) is 12.1 Å². The fourth-order valence-electron chi connectivity index (χ4n) is 5.24. The lowest BCUT2D eigenvalue weighted by Crippen LogP contribution is -2.60. The number of phenols is 1. The fraction of sp³-hybridized carbons (Fsp3) is 0.538. The molecule has 0 spiro atoms. The summed E-state index contributed by atoms with van der Waals surface area (Å²) in [5.41, 5.74) is 1.62. The van der Waals surface area contributed by atoms with Crippen molar-refractivity contribution < 1.29 is 19.4 Å². The van der Waals surface area contributed by atoms with Gasteiger partial charge in [-0.05, 0) is 51.8 Å². The average molecular weight is 495 g/mol. The highest BCUT2D eigenvalue weighted by atomic mass is 16.6. The number of anilines is 2. The number of rotatable bonds is 2. The van der Waals surface area contributed by atoms with E-state index in [2.05, 4.69) is 20.4 Å². The predicted molar refractivity (Wildman–Crippen MR) is 136 cm³/mol. The second-order valence-electron chi connectivity index (χ2n) is 10.8. The molecule has 3 aliphatic rings. The fourth-order valence-corrected chi connectivity index (χ4v) is 5.24. The summed E-state index contributed by atoms with van der Waals surface area (Å²) in [7, 11) is 0. The summed E-state index contributed by atoms with van der Waals surface area (Å²) in [6.45, 7) is 9.12. The molecule has 2 fully saturated rings. The van der Waals surface area contributed by atoms with Crippen molar-refractivity contribution in [2.75, 3.05) is 49.5 Å². The Kier molecular flexibility index (Phi) is 6.36. The van der Waals surface area contributed by atoms with Gasteiger partial charge in [0.15, 0.2) is 5.82 Å². The number of carbonyl (C=O) groups excluding carboxylic acids is 2. The maximum absolute atomic E-state index is 13.5. The number of hydrogen-bond acceptors (Lipinski definition) is 8. The number of aromatic nitrogens is 2. The molecule has 10 heteroatoms. The number of piperidine rings is 1. The minimum Gasteiger partial charge on any atom is -0.507 e. The Morgan fingerprint density at radius 3 is 2.67 bits per heavy atom. The van der Waals surface area contributed by atoms with E-state index >= 15 is 0 Å². The highest BCUT2D eigenvalue weighted by Crippen LogP contribution is 2.36. The van der Waals surface area contributed by atoms with Crippen molar-refractivity contribution in [3.63, 3.8) is 0 Å². The van der Waals surface area contributed by atoms with Crippen molar-refractivity contribution in [1.29, 1.82) is 0 Å². The monoisotopic (exact) mass is 494 g/mol. The quantitative estimate of drug-likeness (QED) is 0.656. The zero-order valence-electron chi connectivity index (χ0n) is 21.1. The number of carbonyl (C=O) groups is 2. The Balaban J connectivity index is 1.26. The summed E-state index contributed by atoms with van der Waals surface area (Å²) in [5.74, 6) is 0.775. The van der Waals surface area contributed by atoms with Crippen LogP contribution in [0.1, 0.15) is 33.6 Å². The van der Waals surface area contributed by atoms with Crippen molar-refractivity contribution in [1.82, 2.24) is 20.0 Å². The van der Waals surface area contributed by atoms with E-state index in [9.17, 15) is 14.7 Å². The van der Waals surface area contributed by atoms with Crippen molar-refractivity contribution >= 4 is 23.5 Å². The summed E-state index contributed by atoms with van der Waals surface area (Å²) in [6, 6.07) is 9.14. The predicted octanol–water partition coefficient (Wildman–Crippen LogP) is 2.94. The number of fused-ring (bicyclic) bond motifs is 3. The van der Waals surface area contributed by atoms with Crippen molar-refractivity contribution in [3.8, 4) is 17.0 Å². The molecule has 36 heavy (non-hydrogen) atoms. The molecule has 0 saturated carbocycles. The molecular formula is C26H34N6O4. The number of phenolic OH excluding ortho intramolecular Hbond substituents is 1. The second kappa shape index (κ2) is 9.48. The van der Waals surface area contributed by atoms with Gasteiger partial charge in [0, 0.05) is 44.8 Å². The Morgan fingerprint density at radius 2 is 1.89 bits per heavy atom. The molecule has 1 aromatic carbocycles. The largest absolute Gasteiger partial charge is 0.507 e. The minimum atomic E-state index is -0.557. The Bertz CT molecular complexity index is 1150. The van der Waals surface area contributed by atoms with Crippen LogP contribution in [0.3, 0.4) is 0 Å². The van der Waals surface area contributed by atoms with Gasteiger partial charge in [0.1, 0.15) is 11.4 Å². The van der Waals surface area contributed by atoms with Crippen LogP contribution < -0.4 is 10.2 Å². The van der Waals surface area contributed by atoms with E-state index in [0.717, 1.165) is 18.5 Å². The lowest BCUT2D eigenvalue weighted by molar-refractivity contribution is -0.138. The zero-order chi connectivity index (χ0) is 25.4. The summed E-state index contributed by atoms with van der Waals surface area (Å²) >= 11 is 0. The lowest BCUT2D eigenvalue weighted by atomic mass is 9.95. The topological polar surface area (TPSA) is 111 Å². The first-order valence-electron chi connectivity index (χ1n) is 12.6. The summed E-state index contributed by atoms with van der Waals surface area (Å²) in [6.07, 6.45) is 1.23. The molecule has 0 unspecified atom stereocenters. The maximum Gasteiger partial charge on any atom is 0.410 e. The molecule has 2 amide bonds. The van der Waals surface area contributed by atoms with Gasteiger partial charge in [-0.3, -0.25) is 4.79 Å². The van der Waals surface area contributed by atoms with E-state index in [1.54, 1.807) is 17.0 Å². The van der Waals surface area contributed by atoms with E-state index in [0.29, 0.717) is 56.3 Å². The van der Waals surface area contributed by atoms with Crippen molar-refractivity contribution in [3.05, 3.63) is 30.3 Å². The van der Waals surface area contributed by atoms with Crippen LogP contribution in [0, 0.1) is 5.92 Å². The molecule has 4 heterocycles. The van der Waals surface area contributed by atoms with Gasteiger partial charge in [0.05, 0.1) is 23.3 Å². The van der Waals surface area contributed by atoms with E-state index in [1.165, 1.54) is 0 Å². The summed E-state index contributed by atoms with van der Waals surface area (Å²) in [4.78, 5) is 31.9. The minimum absolute atomic E-state index is 0.0992. The first kappa shape index (κ1) is 24.1. The number of nitrogens with zero attached hydrogens (tertiary/aromatic N) is 5. The van der Waals surface area contributed by atoms with Crippen LogP contribution in [0.4, 0.5) is 16.3 Å². The Morgan fingerprint density at radius 1 is 1.08 bits per heavy atom. The molecule has 0 aliphatic carbocycles. The van der Waals surface area contributed by atoms with E-state index in [1.807, 2.05) is 43.9 Å². The first-order chi connectivity index (χ1) is 17.2. The van der Waals surface area contributed by atoms with Gasteiger partial charge in [0.2, 0.25) is 5.91 Å². The van der Waals surface area contributed by atoms with Crippen LogP contribution in [0.25, 0.3) is 11.3 Å². The van der Waals surface area contributed by atoms with Crippen LogP contribution in [0.15, 0.2) is 30.3 Å². The maximum atomic E-state index is 13.5. The van der Waals surface area contributed by atoms with E-state index < -0.39 is 5.60 Å². The summed E-state index contributed by atoms with van der Waals surface area (Å²) in [5, 5.41) is 22.3. The van der Waals surface area contributed by atoms with Gasteiger partial charge >= 0.3 is 6.09 Å². The number of likely N-dealkylation sites (tertiary alicyclic amines) is 1. The Labute approximate surface area is 211 Å². The summed E-state index contributed by atoms with van der Waals surface area (Å²) < 4.78 is 5.52. The molecule has 2 atom stereocenters. The van der Waals surface area contributed by atoms with Crippen LogP contribution in [0.5, 0.6) is 5.75 Å². The number of piperazine rings is 1. The van der Waals surface area contributed by atoms with Gasteiger partial charge in [-0.25, -0.2) is 4.79 Å². The molecule has 3 aliphatic heterocycles. The average Bonchev–Trinajstić information content (AvgIpc) is 2.87. The number of nitrogens with one attached hydrogen (secondary N) is 1. The molecule has 1 aromatic heterocycles. The number of amides is 2. The van der Waals surface area contributed by atoms with E-state index in [4.69, 9.17) is 4.74 Å². The SMILES string of the molecule is CC(C)(C)OC(=O)N1CCC[C@H](C(=O)N2CCN3c4cc(-c5ccccc5O)nnc4NC[C@H]3C2)C1. The standard InChI is InChI=1S/C26H34N6O4/c1-26(2,3)36-25(35)31-10-6-7-17(15-31)24(34)30-11-12-32-18(16-30)14-27-23-21(32)13-20(28-29-23)19-8-4-5-9-22(19)33/h4-5,8-9,13,17-18,33H,6-7,10-12,14-16H2,1-3H3,(H,27,29)/t17-,18-/m0/s1. The smallest absolute Gasteiger partial charge is 0.410 e. The number of para-hydroxylation sites is 1. The van der Waals surface area contributed by atoms with E-state index in [-0.39, 0.29) is 29.7 Å². The molecule has 0 bridgehead atoms. The molecule has 2 aromatic rings. The molecule has 5 rings (SSSR count). The van der Waals surface area contributed by atoms with Crippen molar-refractivity contribution in [2.45, 2.75) is 45.3 Å². The van der Waals surface area contributed by atoms with Crippen LogP contribution in [-0.2, 0) is 9.53 Å². The van der Waals surface area contributed by atoms with Crippen molar-refractivity contribution in [2.24, 2.45) is 5.92 Å². The third kappa shape index (κ3) is 4.89. The second-order valence-corrected chi connectivity index (χ2v) is 10.8. The van der Waals surface area contributed by atoms with Gasteiger partial charge in [-0.15, -0.1) is 10.2 Å². The number of aromatic hydroxyl groups is 1. The molecule has 2 saturated heterocycles. The molecular weight excluding hydrogens is 460 g/mol. The lowest BCUT2D eigenvalue weighted by Gasteiger charge is -2.46. The highest BCUT2D eigenvalue weighted by molar-refractivity contribution is 5.81. The third-order valence-corrected chi connectivity index (χ3v) is 6.99. The van der Waals surface area contributed by atoms with Gasteiger partial charge < -0.3 is 29.9 Å². The molecule has 10 nitrogen and oxygen atoms in total. The van der Waals surface area contributed by atoms with Gasteiger partial charge in [-0.2, -0.15) is 0 Å². The third-order valence-electron chi connectivity index (χ3n) is 6.99. The number of ether oxygens (including phenoxy) is 1. The molecule has 0 radical (unpaired) electrons. The Hall–Kier alpha value is -3.56. The van der Waals surface area contributed by atoms with Gasteiger partial charge in [0.25, 0.3) is 0 Å². The number of benzene rings is 1. The van der Waals surface area contributed by atoms with Crippen LogP contribution in [-0.4, -0.2) is 88.0 Å². The molecule has 192 valence electrons. The zero-order valence-corrected chi connectivity index (χ0v) is 21.1. The first-order valence-corrected chi connectivity index (χ1v) is 12.6. The normalized spacial score (nSPS) is 21.8. The van der Waals surface area contributed by atoms with Crippen LogP contribution >= 0.6 is 0 Å².